The van der Waals surface area contributed by atoms with Gasteiger partial charge in [0.05, 0.1) is 11.4 Å². The summed E-state index contributed by atoms with van der Waals surface area (Å²) >= 11 is 0.977. The van der Waals surface area contributed by atoms with Gasteiger partial charge >= 0.3 is 0 Å². The standard InChI is InChI=1S/C28H27NO3S/c1-19(2)24-14-9-20(3)17-25(24)32-16-15-29-27(30)26(33-28(29)31)18-21-10-12-23(13-11-21)22-7-5-4-6-8-22/h4-14,17-19H,15-16H2,1-3H3/b26-18-. The van der Waals surface area contributed by atoms with E-state index in [-0.39, 0.29) is 24.3 Å². The minimum absolute atomic E-state index is 0.223. The number of amides is 2. The Morgan fingerprint density at radius 3 is 2.33 bits per heavy atom. The van der Waals surface area contributed by atoms with E-state index in [9.17, 15) is 9.59 Å². The van der Waals surface area contributed by atoms with Gasteiger partial charge in [0.1, 0.15) is 12.4 Å². The number of ether oxygens (including phenoxy) is 1. The Morgan fingerprint density at radius 1 is 0.939 bits per heavy atom. The summed E-state index contributed by atoms with van der Waals surface area (Å²) in [6.45, 7) is 6.74. The van der Waals surface area contributed by atoms with Crippen LogP contribution >= 0.6 is 11.8 Å². The smallest absolute Gasteiger partial charge is 0.293 e. The van der Waals surface area contributed by atoms with Crippen molar-refractivity contribution in [2.75, 3.05) is 13.2 Å². The summed E-state index contributed by atoms with van der Waals surface area (Å²) in [6.07, 6.45) is 1.78. The molecule has 1 aliphatic rings. The third-order valence-electron chi connectivity index (χ3n) is 5.55. The molecule has 0 atom stereocenters. The van der Waals surface area contributed by atoms with E-state index in [1.165, 1.54) is 4.90 Å². The Kier molecular flexibility index (Phi) is 6.99. The normalized spacial score (nSPS) is 15.0. The summed E-state index contributed by atoms with van der Waals surface area (Å²) in [7, 11) is 0. The molecule has 0 radical (unpaired) electrons. The predicted octanol–water partition coefficient (Wildman–Crippen LogP) is 6.90. The zero-order valence-electron chi connectivity index (χ0n) is 19.1. The summed E-state index contributed by atoms with van der Waals surface area (Å²) in [6, 6.07) is 24.2. The third kappa shape index (κ3) is 5.37. The van der Waals surface area contributed by atoms with Gasteiger partial charge in [-0.25, -0.2) is 0 Å². The van der Waals surface area contributed by atoms with E-state index in [0.29, 0.717) is 10.8 Å². The van der Waals surface area contributed by atoms with E-state index in [1.807, 2.05) is 55.5 Å². The molecule has 3 aromatic carbocycles. The molecule has 4 nitrogen and oxygen atoms in total. The summed E-state index contributed by atoms with van der Waals surface area (Å²) in [5, 5.41) is -0.260. The quantitative estimate of drug-likeness (QED) is 0.362. The fourth-order valence-electron chi connectivity index (χ4n) is 3.74. The van der Waals surface area contributed by atoms with Crippen molar-refractivity contribution >= 4 is 29.0 Å². The highest BCUT2D eigenvalue weighted by atomic mass is 32.2. The highest BCUT2D eigenvalue weighted by molar-refractivity contribution is 8.18. The van der Waals surface area contributed by atoms with Gasteiger partial charge in [0, 0.05) is 0 Å². The summed E-state index contributed by atoms with van der Waals surface area (Å²) in [5.74, 6) is 0.870. The molecule has 0 saturated carbocycles. The summed E-state index contributed by atoms with van der Waals surface area (Å²) in [5.41, 5.74) is 5.36. The van der Waals surface area contributed by atoms with Crippen LogP contribution in [0.1, 0.15) is 36.5 Å². The molecule has 0 bridgehead atoms. The maximum atomic E-state index is 12.8. The Hall–Kier alpha value is -3.31. The second kappa shape index (κ2) is 10.1. The van der Waals surface area contributed by atoms with Gasteiger partial charge < -0.3 is 4.74 Å². The molecule has 2 amide bonds. The lowest BCUT2D eigenvalue weighted by Crippen LogP contribution is -2.32. The van der Waals surface area contributed by atoms with Crippen LogP contribution in [0, 0.1) is 6.92 Å². The van der Waals surface area contributed by atoms with Crippen molar-refractivity contribution in [1.29, 1.82) is 0 Å². The number of imide groups is 1. The van der Waals surface area contributed by atoms with E-state index in [0.717, 1.165) is 45.3 Å². The van der Waals surface area contributed by atoms with Crippen molar-refractivity contribution in [3.63, 3.8) is 0 Å². The van der Waals surface area contributed by atoms with Crippen LogP contribution in [0.4, 0.5) is 4.79 Å². The molecule has 0 N–H and O–H groups in total. The van der Waals surface area contributed by atoms with Crippen LogP contribution in [-0.2, 0) is 4.79 Å². The molecule has 4 rings (SSSR count). The molecule has 0 unspecified atom stereocenters. The van der Waals surface area contributed by atoms with Gasteiger partial charge in [0.15, 0.2) is 0 Å². The topological polar surface area (TPSA) is 46.6 Å². The number of benzene rings is 3. The first kappa shape index (κ1) is 22.9. The molecule has 33 heavy (non-hydrogen) atoms. The minimum atomic E-state index is -0.269. The number of thioether (sulfide) groups is 1. The number of nitrogens with zero attached hydrogens (tertiary/aromatic N) is 1. The number of carbonyl (C=O) groups is 2. The molecular formula is C28H27NO3S. The van der Waals surface area contributed by atoms with Gasteiger partial charge in [-0.15, -0.1) is 0 Å². The fourth-order valence-corrected chi connectivity index (χ4v) is 4.60. The molecule has 1 saturated heterocycles. The zero-order chi connectivity index (χ0) is 23.4. The zero-order valence-corrected chi connectivity index (χ0v) is 19.9. The Labute approximate surface area is 199 Å². The molecule has 1 fully saturated rings. The monoisotopic (exact) mass is 457 g/mol. The molecule has 3 aromatic rings. The summed E-state index contributed by atoms with van der Waals surface area (Å²) in [4.78, 5) is 27.0. The molecule has 1 aliphatic heterocycles. The fraction of sp³-hybridized carbons (Fsp3) is 0.214. The van der Waals surface area contributed by atoms with E-state index in [2.05, 4.69) is 38.1 Å². The molecule has 1 heterocycles. The van der Waals surface area contributed by atoms with Crippen LogP contribution in [0.2, 0.25) is 0 Å². The van der Waals surface area contributed by atoms with Gasteiger partial charge in [-0.1, -0.05) is 80.6 Å². The van der Waals surface area contributed by atoms with E-state index in [1.54, 1.807) is 6.08 Å². The molecule has 5 heteroatoms. The molecule has 0 aliphatic carbocycles. The van der Waals surface area contributed by atoms with Gasteiger partial charge in [-0.2, -0.15) is 0 Å². The Bertz CT molecular complexity index is 1180. The van der Waals surface area contributed by atoms with Gasteiger partial charge in [0.25, 0.3) is 11.1 Å². The molecular weight excluding hydrogens is 430 g/mol. The lowest BCUT2D eigenvalue weighted by Gasteiger charge is -2.17. The van der Waals surface area contributed by atoms with Crippen molar-refractivity contribution in [3.8, 4) is 16.9 Å². The first-order valence-corrected chi connectivity index (χ1v) is 11.9. The average molecular weight is 458 g/mol. The maximum absolute atomic E-state index is 12.8. The second-order valence-corrected chi connectivity index (χ2v) is 9.36. The SMILES string of the molecule is Cc1ccc(C(C)C)c(OCCN2C(=O)S/C(=C\c3ccc(-c4ccccc4)cc3)C2=O)c1. The van der Waals surface area contributed by atoms with Crippen molar-refractivity contribution in [3.05, 3.63) is 94.4 Å². The van der Waals surface area contributed by atoms with E-state index in [4.69, 9.17) is 4.74 Å². The number of hydrogen-bond donors (Lipinski definition) is 0. The van der Waals surface area contributed by atoms with Crippen molar-refractivity contribution in [1.82, 2.24) is 4.90 Å². The number of hydrogen-bond acceptors (Lipinski definition) is 4. The van der Waals surface area contributed by atoms with Crippen molar-refractivity contribution in [2.24, 2.45) is 0 Å². The van der Waals surface area contributed by atoms with Crippen molar-refractivity contribution in [2.45, 2.75) is 26.7 Å². The van der Waals surface area contributed by atoms with Crippen LogP contribution in [0.25, 0.3) is 17.2 Å². The highest BCUT2D eigenvalue weighted by Crippen LogP contribution is 2.33. The van der Waals surface area contributed by atoms with Gasteiger partial charge in [-0.3, -0.25) is 14.5 Å². The molecule has 168 valence electrons. The second-order valence-electron chi connectivity index (χ2n) is 8.37. The lowest BCUT2D eigenvalue weighted by molar-refractivity contribution is -0.123. The molecule has 0 spiro atoms. The number of aryl methyl sites for hydroxylation is 1. The van der Waals surface area contributed by atoms with Crippen LogP contribution in [0.5, 0.6) is 5.75 Å². The Balaban J connectivity index is 1.41. The highest BCUT2D eigenvalue weighted by Gasteiger charge is 2.34. The lowest BCUT2D eigenvalue weighted by atomic mass is 10.0. The third-order valence-corrected chi connectivity index (χ3v) is 6.46. The molecule has 0 aromatic heterocycles. The predicted molar refractivity (Wildman–Crippen MR) is 135 cm³/mol. The summed E-state index contributed by atoms with van der Waals surface area (Å²) < 4.78 is 5.97. The van der Waals surface area contributed by atoms with Gasteiger partial charge in [0.2, 0.25) is 0 Å². The van der Waals surface area contributed by atoms with Crippen LogP contribution in [0.15, 0.2) is 77.7 Å². The van der Waals surface area contributed by atoms with Crippen LogP contribution in [-0.4, -0.2) is 29.2 Å². The van der Waals surface area contributed by atoms with Gasteiger partial charge in [-0.05, 0) is 64.6 Å². The number of carbonyl (C=O) groups excluding carboxylic acids is 2. The maximum Gasteiger partial charge on any atom is 0.293 e. The van der Waals surface area contributed by atoms with E-state index < -0.39 is 0 Å². The minimum Gasteiger partial charge on any atom is -0.491 e. The van der Waals surface area contributed by atoms with Crippen molar-refractivity contribution < 1.29 is 14.3 Å². The van der Waals surface area contributed by atoms with E-state index >= 15 is 0 Å². The first-order chi connectivity index (χ1) is 15.9. The largest absolute Gasteiger partial charge is 0.491 e. The number of rotatable bonds is 7. The van der Waals surface area contributed by atoms with Crippen LogP contribution < -0.4 is 4.74 Å². The first-order valence-electron chi connectivity index (χ1n) is 11.1. The van der Waals surface area contributed by atoms with Crippen LogP contribution in [0.3, 0.4) is 0 Å². The average Bonchev–Trinajstić information content (AvgIpc) is 3.07. The Morgan fingerprint density at radius 2 is 1.64 bits per heavy atom.